The van der Waals surface area contributed by atoms with E-state index in [0.29, 0.717) is 12.5 Å². The van der Waals surface area contributed by atoms with Crippen LogP contribution in [0.4, 0.5) is 0 Å². The summed E-state index contributed by atoms with van der Waals surface area (Å²) in [6.07, 6.45) is 5.92. The number of nitriles is 1. The lowest BCUT2D eigenvalue weighted by Gasteiger charge is -2.07. The Bertz CT molecular complexity index is 161. The zero-order valence-corrected chi connectivity index (χ0v) is 8.81. The minimum absolute atomic E-state index is 0.515. The van der Waals surface area contributed by atoms with E-state index in [2.05, 4.69) is 6.07 Å². The predicted molar refractivity (Wildman–Crippen MR) is 55.8 cm³/mol. The Morgan fingerprint density at radius 3 is 3.08 bits per heavy atom. The molecule has 0 aliphatic carbocycles. The van der Waals surface area contributed by atoms with Crippen LogP contribution in [-0.2, 0) is 4.74 Å². The van der Waals surface area contributed by atoms with E-state index < -0.39 is 0 Å². The molecule has 1 aliphatic heterocycles. The summed E-state index contributed by atoms with van der Waals surface area (Å²) < 4.78 is 5.51. The average Bonchev–Trinajstić information content (AvgIpc) is 2.63. The highest BCUT2D eigenvalue weighted by molar-refractivity contribution is 7.99. The van der Waals surface area contributed by atoms with Crippen molar-refractivity contribution in [3.05, 3.63) is 0 Å². The Morgan fingerprint density at radius 2 is 2.38 bits per heavy atom. The van der Waals surface area contributed by atoms with Crippen molar-refractivity contribution >= 4 is 11.8 Å². The van der Waals surface area contributed by atoms with E-state index in [0.717, 1.165) is 18.8 Å². The third-order valence-corrected chi connectivity index (χ3v) is 3.34. The quantitative estimate of drug-likeness (QED) is 0.616. The number of thioether (sulfide) groups is 1. The maximum absolute atomic E-state index is 8.32. The van der Waals surface area contributed by atoms with Crippen LogP contribution in [0.1, 0.15) is 32.1 Å². The molecule has 1 rings (SSSR count). The van der Waals surface area contributed by atoms with Crippen LogP contribution in [-0.4, -0.2) is 24.2 Å². The molecular weight excluding hydrogens is 182 g/mol. The molecular formula is C10H17NOS. The van der Waals surface area contributed by atoms with Crippen molar-refractivity contribution < 1.29 is 4.74 Å². The van der Waals surface area contributed by atoms with Gasteiger partial charge in [0.25, 0.3) is 0 Å². The summed E-state index contributed by atoms with van der Waals surface area (Å²) in [6.45, 7) is 0.958. The van der Waals surface area contributed by atoms with Gasteiger partial charge in [-0.3, -0.25) is 0 Å². The van der Waals surface area contributed by atoms with Crippen LogP contribution in [0, 0.1) is 11.3 Å². The van der Waals surface area contributed by atoms with E-state index in [1.807, 2.05) is 11.8 Å². The van der Waals surface area contributed by atoms with Gasteiger partial charge in [0.15, 0.2) is 0 Å². The fourth-order valence-electron chi connectivity index (χ4n) is 1.40. The number of unbranched alkanes of at least 4 members (excludes halogenated alkanes) is 2. The van der Waals surface area contributed by atoms with Gasteiger partial charge in [-0.15, -0.1) is 0 Å². The molecule has 0 N–H and O–H groups in total. The molecule has 1 heterocycles. The van der Waals surface area contributed by atoms with Gasteiger partial charge in [-0.2, -0.15) is 17.0 Å². The summed E-state index contributed by atoms with van der Waals surface area (Å²) in [6, 6.07) is 2.17. The zero-order valence-electron chi connectivity index (χ0n) is 8.00. The van der Waals surface area contributed by atoms with Gasteiger partial charge in [-0.05, 0) is 31.4 Å². The van der Waals surface area contributed by atoms with Crippen LogP contribution in [0.5, 0.6) is 0 Å². The molecule has 13 heavy (non-hydrogen) atoms. The second-order valence-corrected chi connectivity index (χ2v) is 4.47. The van der Waals surface area contributed by atoms with Gasteiger partial charge in [-0.1, -0.05) is 0 Å². The largest absolute Gasteiger partial charge is 0.377 e. The van der Waals surface area contributed by atoms with E-state index >= 15 is 0 Å². The SMILES string of the molecule is N#CCCCCSCC1CCCO1. The van der Waals surface area contributed by atoms with Gasteiger partial charge in [0.2, 0.25) is 0 Å². The first kappa shape index (κ1) is 10.9. The molecule has 0 bridgehead atoms. The number of hydrogen-bond donors (Lipinski definition) is 0. The fraction of sp³-hybridized carbons (Fsp3) is 0.900. The lowest BCUT2D eigenvalue weighted by Crippen LogP contribution is -2.08. The molecule has 1 atom stereocenters. The summed E-state index contributed by atoms with van der Waals surface area (Å²) in [7, 11) is 0. The van der Waals surface area contributed by atoms with Crippen LogP contribution in [0.2, 0.25) is 0 Å². The van der Waals surface area contributed by atoms with Gasteiger partial charge >= 0.3 is 0 Å². The highest BCUT2D eigenvalue weighted by Crippen LogP contribution is 2.17. The molecule has 0 saturated carbocycles. The molecule has 0 radical (unpaired) electrons. The van der Waals surface area contributed by atoms with Crippen molar-refractivity contribution in [1.29, 1.82) is 5.26 Å². The summed E-state index contributed by atoms with van der Waals surface area (Å²) in [4.78, 5) is 0. The summed E-state index contributed by atoms with van der Waals surface area (Å²) in [5.41, 5.74) is 0. The average molecular weight is 199 g/mol. The minimum Gasteiger partial charge on any atom is -0.377 e. The molecule has 1 aliphatic rings. The first-order valence-corrected chi connectivity index (χ1v) is 6.15. The van der Waals surface area contributed by atoms with E-state index in [4.69, 9.17) is 10.00 Å². The predicted octanol–water partition coefficient (Wildman–Crippen LogP) is 2.59. The van der Waals surface area contributed by atoms with E-state index in [9.17, 15) is 0 Å². The smallest absolute Gasteiger partial charge is 0.0666 e. The van der Waals surface area contributed by atoms with Gasteiger partial charge in [0, 0.05) is 18.8 Å². The van der Waals surface area contributed by atoms with Crippen molar-refractivity contribution in [2.24, 2.45) is 0 Å². The Morgan fingerprint density at radius 1 is 1.46 bits per heavy atom. The maximum Gasteiger partial charge on any atom is 0.0666 e. The van der Waals surface area contributed by atoms with Gasteiger partial charge < -0.3 is 4.74 Å². The van der Waals surface area contributed by atoms with Gasteiger partial charge in [0.05, 0.1) is 12.2 Å². The molecule has 0 aromatic rings. The Kier molecular flexibility index (Phi) is 6.05. The maximum atomic E-state index is 8.32. The highest BCUT2D eigenvalue weighted by Gasteiger charge is 2.14. The van der Waals surface area contributed by atoms with Crippen LogP contribution in [0.15, 0.2) is 0 Å². The number of ether oxygens (including phenoxy) is 1. The molecule has 2 nitrogen and oxygen atoms in total. The summed E-state index contributed by atoms with van der Waals surface area (Å²) >= 11 is 1.97. The molecule has 1 fully saturated rings. The number of hydrogen-bond acceptors (Lipinski definition) is 3. The molecule has 0 aromatic heterocycles. The van der Waals surface area contributed by atoms with Crippen LogP contribution >= 0.6 is 11.8 Å². The van der Waals surface area contributed by atoms with Crippen molar-refractivity contribution in [3.8, 4) is 6.07 Å². The fourth-order valence-corrected chi connectivity index (χ4v) is 2.50. The summed E-state index contributed by atoms with van der Waals surface area (Å²) in [5.74, 6) is 2.33. The zero-order chi connectivity index (χ0) is 9.36. The second-order valence-electron chi connectivity index (χ2n) is 3.33. The highest BCUT2D eigenvalue weighted by atomic mass is 32.2. The number of rotatable bonds is 6. The Labute approximate surface area is 84.6 Å². The molecule has 1 unspecified atom stereocenters. The van der Waals surface area contributed by atoms with Gasteiger partial charge in [0.1, 0.15) is 0 Å². The second kappa shape index (κ2) is 7.23. The van der Waals surface area contributed by atoms with Crippen LogP contribution < -0.4 is 0 Å². The molecule has 3 heteroatoms. The third-order valence-electron chi connectivity index (χ3n) is 2.15. The van der Waals surface area contributed by atoms with Crippen molar-refractivity contribution in [1.82, 2.24) is 0 Å². The standard InChI is InChI=1S/C10H17NOS/c11-6-2-1-3-8-13-9-10-5-4-7-12-10/h10H,1-5,7-9H2. The first-order valence-electron chi connectivity index (χ1n) is 5.00. The van der Waals surface area contributed by atoms with Crippen molar-refractivity contribution in [2.45, 2.75) is 38.2 Å². The topological polar surface area (TPSA) is 33.0 Å². The Hall–Kier alpha value is -0.200. The van der Waals surface area contributed by atoms with E-state index in [1.54, 1.807) is 0 Å². The lowest BCUT2D eigenvalue weighted by atomic mass is 10.3. The minimum atomic E-state index is 0.515. The lowest BCUT2D eigenvalue weighted by molar-refractivity contribution is 0.129. The molecule has 0 aromatic carbocycles. The van der Waals surface area contributed by atoms with Crippen molar-refractivity contribution in [2.75, 3.05) is 18.1 Å². The molecule has 74 valence electrons. The normalized spacial score (nSPS) is 21.6. The van der Waals surface area contributed by atoms with E-state index in [1.165, 1.54) is 25.0 Å². The van der Waals surface area contributed by atoms with E-state index in [-0.39, 0.29) is 0 Å². The number of nitrogens with zero attached hydrogens (tertiary/aromatic N) is 1. The molecule has 0 spiro atoms. The monoisotopic (exact) mass is 199 g/mol. The first-order chi connectivity index (χ1) is 6.43. The third kappa shape index (κ3) is 5.17. The van der Waals surface area contributed by atoms with Crippen molar-refractivity contribution in [3.63, 3.8) is 0 Å². The van der Waals surface area contributed by atoms with Gasteiger partial charge in [-0.25, -0.2) is 0 Å². The van der Waals surface area contributed by atoms with Crippen LogP contribution in [0.25, 0.3) is 0 Å². The summed E-state index contributed by atoms with van der Waals surface area (Å²) in [5, 5.41) is 8.32. The Balaban J connectivity index is 1.81. The molecule has 1 saturated heterocycles. The van der Waals surface area contributed by atoms with Crippen LogP contribution in [0.3, 0.4) is 0 Å². The molecule has 0 amide bonds.